The van der Waals surface area contributed by atoms with Crippen LogP contribution in [0.3, 0.4) is 0 Å². The highest BCUT2D eigenvalue weighted by Crippen LogP contribution is 2.22. The van der Waals surface area contributed by atoms with Gasteiger partial charge in [0, 0.05) is 11.0 Å². The van der Waals surface area contributed by atoms with Gasteiger partial charge >= 0.3 is 0 Å². The zero-order chi connectivity index (χ0) is 15.2. The van der Waals surface area contributed by atoms with Gasteiger partial charge in [-0.3, -0.25) is 4.79 Å². The van der Waals surface area contributed by atoms with Crippen LogP contribution in [-0.4, -0.2) is 17.4 Å². The van der Waals surface area contributed by atoms with Crippen LogP contribution >= 0.6 is 15.9 Å². The van der Waals surface area contributed by atoms with Gasteiger partial charge in [-0.15, -0.1) is 0 Å². The Labute approximate surface area is 130 Å². The Kier molecular flexibility index (Phi) is 5.07. The average molecular weight is 347 g/mol. The van der Waals surface area contributed by atoms with Crippen molar-refractivity contribution in [2.75, 3.05) is 6.54 Å². The summed E-state index contributed by atoms with van der Waals surface area (Å²) >= 11 is 3.18. The van der Waals surface area contributed by atoms with Crippen molar-refractivity contribution < 1.29 is 9.18 Å². The second kappa shape index (κ2) is 7.00. The number of carbonyl (C=O) groups is 1. The number of halogens is 2. The van der Waals surface area contributed by atoms with E-state index in [-0.39, 0.29) is 18.7 Å². The molecule has 0 aliphatic heterocycles. The van der Waals surface area contributed by atoms with E-state index in [1.54, 1.807) is 6.07 Å². The fourth-order valence-corrected chi connectivity index (χ4v) is 2.46. The van der Waals surface area contributed by atoms with Crippen LogP contribution in [0.2, 0.25) is 0 Å². The molecule has 0 unspecified atom stereocenters. The van der Waals surface area contributed by atoms with E-state index in [1.807, 2.05) is 36.4 Å². The molecule has 5 heteroatoms. The molecule has 106 valence electrons. The van der Waals surface area contributed by atoms with E-state index in [4.69, 9.17) is 5.26 Å². The number of nitrogens with zero attached hydrogens (tertiary/aromatic N) is 2. The van der Waals surface area contributed by atoms with E-state index in [2.05, 4.69) is 15.9 Å². The van der Waals surface area contributed by atoms with Crippen molar-refractivity contribution >= 4 is 21.8 Å². The van der Waals surface area contributed by atoms with Crippen molar-refractivity contribution in [3.63, 3.8) is 0 Å². The first kappa shape index (κ1) is 15.2. The molecule has 0 aromatic heterocycles. The highest BCUT2D eigenvalue weighted by atomic mass is 79.9. The number of rotatable bonds is 4. The molecule has 0 heterocycles. The normalized spacial score (nSPS) is 9.95. The lowest BCUT2D eigenvalue weighted by atomic mass is 10.1. The van der Waals surface area contributed by atoms with Crippen molar-refractivity contribution in [3.8, 4) is 6.07 Å². The minimum Gasteiger partial charge on any atom is -0.321 e. The highest BCUT2D eigenvalue weighted by molar-refractivity contribution is 9.10. The quantitative estimate of drug-likeness (QED) is 0.791. The number of hydrogen-bond donors (Lipinski definition) is 0. The standard InChI is InChI=1S/C16H12BrFN2O/c17-13-7-4-8-14(18)15(13)16(21)20(10-9-19)11-12-5-2-1-3-6-12/h1-8H,10-11H2. The Bertz CT molecular complexity index is 662. The molecule has 0 radical (unpaired) electrons. The van der Waals surface area contributed by atoms with Crippen molar-refractivity contribution in [1.82, 2.24) is 4.90 Å². The van der Waals surface area contributed by atoms with E-state index < -0.39 is 11.7 Å². The summed E-state index contributed by atoms with van der Waals surface area (Å²) in [6.07, 6.45) is 0. The van der Waals surface area contributed by atoms with Gasteiger partial charge in [-0.1, -0.05) is 36.4 Å². The molecular weight excluding hydrogens is 335 g/mol. The SMILES string of the molecule is N#CCN(Cc1ccccc1)C(=O)c1c(F)cccc1Br. The molecular formula is C16H12BrFN2O. The van der Waals surface area contributed by atoms with Crippen molar-refractivity contribution in [2.24, 2.45) is 0 Å². The van der Waals surface area contributed by atoms with E-state index in [0.717, 1.165) is 5.56 Å². The van der Waals surface area contributed by atoms with Crippen LogP contribution in [0.5, 0.6) is 0 Å². The molecule has 2 aromatic rings. The molecule has 2 aromatic carbocycles. The average Bonchev–Trinajstić information content (AvgIpc) is 2.47. The molecule has 0 aliphatic rings. The van der Waals surface area contributed by atoms with Gasteiger partial charge in [0.25, 0.3) is 5.91 Å². The van der Waals surface area contributed by atoms with Gasteiger partial charge in [0.05, 0.1) is 11.6 Å². The molecule has 0 aliphatic carbocycles. The van der Waals surface area contributed by atoms with Gasteiger partial charge in [0.1, 0.15) is 12.4 Å². The maximum atomic E-state index is 13.9. The summed E-state index contributed by atoms with van der Waals surface area (Å²) in [4.78, 5) is 13.8. The van der Waals surface area contributed by atoms with E-state index >= 15 is 0 Å². The fourth-order valence-electron chi connectivity index (χ4n) is 1.95. The smallest absolute Gasteiger partial charge is 0.259 e. The zero-order valence-electron chi connectivity index (χ0n) is 11.1. The van der Waals surface area contributed by atoms with Crippen LogP contribution in [0.25, 0.3) is 0 Å². The van der Waals surface area contributed by atoms with Gasteiger partial charge < -0.3 is 4.90 Å². The maximum Gasteiger partial charge on any atom is 0.259 e. The lowest BCUT2D eigenvalue weighted by molar-refractivity contribution is 0.0759. The Balaban J connectivity index is 2.30. The third-order valence-corrected chi connectivity index (χ3v) is 3.60. The summed E-state index contributed by atoms with van der Waals surface area (Å²) in [5, 5.41) is 8.90. The van der Waals surface area contributed by atoms with Crippen molar-refractivity contribution in [2.45, 2.75) is 6.54 Å². The van der Waals surface area contributed by atoms with Crippen LogP contribution in [-0.2, 0) is 6.54 Å². The maximum absolute atomic E-state index is 13.9. The first-order valence-electron chi connectivity index (χ1n) is 6.27. The predicted octanol–water partition coefficient (Wildman–Crippen LogP) is 3.75. The highest BCUT2D eigenvalue weighted by Gasteiger charge is 2.21. The van der Waals surface area contributed by atoms with E-state index in [1.165, 1.54) is 17.0 Å². The van der Waals surface area contributed by atoms with Crippen molar-refractivity contribution in [3.05, 3.63) is 69.9 Å². The lowest BCUT2D eigenvalue weighted by Crippen LogP contribution is -2.31. The first-order valence-corrected chi connectivity index (χ1v) is 7.07. The zero-order valence-corrected chi connectivity index (χ0v) is 12.7. The number of amides is 1. The molecule has 0 spiro atoms. The summed E-state index contributed by atoms with van der Waals surface area (Å²) in [7, 11) is 0. The number of carbonyl (C=O) groups excluding carboxylic acids is 1. The number of benzene rings is 2. The third kappa shape index (κ3) is 3.67. The molecule has 0 fully saturated rings. The minimum atomic E-state index is -0.606. The van der Waals surface area contributed by atoms with Crippen LogP contribution in [0.15, 0.2) is 53.0 Å². The van der Waals surface area contributed by atoms with Crippen LogP contribution in [0, 0.1) is 17.1 Å². The summed E-state index contributed by atoms with van der Waals surface area (Å²) in [5.74, 6) is -1.12. The summed E-state index contributed by atoms with van der Waals surface area (Å²) in [6.45, 7) is 0.155. The molecule has 0 N–H and O–H groups in total. The second-order valence-corrected chi connectivity index (χ2v) is 5.26. The fraction of sp³-hybridized carbons (Fsp3) is 0.125. The van der Waals surface area contributed by atoms with Gasteiger partial charge in [0.15, 0.2) is 0 Å². The minimum absolute atomic E-state index is 0.0521. The van der Waals surface area contributed by atoms with Crippen molar-refractivity contribution in [1.29, 1.82) is 5.26 Å². The van der Waals surface area contributed by atoms with Crippen LogP contribution in [0.4, 0.5) is 4.39 Å². The molecule has 3 nitrogen and oxygen atoms in total. The van der Waals surface area contributed by atoms with Gasteiger partial charge in [-0.25, -0.2) is 4.39 Å². The Hall–Kier alpha value is -2.19. The van der Waals surface area contributed by atoms with Crippen LogP contribution < -0.4 is 0 Å². The van der Waals surface area contributed by atoms with Gasteiger partial charge in [-0.05, 0) is 33.6 Å². The summed E-state index contributed by atoms with van der Waals surface area (Å²) in [5.41, 5.74) is 0.831. The van der Waals surface area contributed by atoms with E-state index in [9.17, 15) is 9.18 Å². The summed E-state index contributed by atoms with van der Waals surface area (Å²) < 4.78 is 14.3. The Morgan fingerprint density at radius 3 is 2.52 bits per heavy atom. The topological polar surface area (TPSA) is 44.1 Å². The molecule has 2 rings (SSSR count). The molecule has 0 saturated carbocycles. The number of nitriles is 1. The van der Waals surface area contributed by atoms with E-state index in [0.29, 0.717) is 4.47 Å². The molecule has 0 saturated heterocycles. The number of hydrogen-bond acceptors (Lipinski definition) is 2. The first-order chi connectivity index (χ1) is 10.1. The Morgan fingerprint density at radius 1 is 1.19 bits per heavy atom. The monoisotopic (exact) mass is 346 g/mol. The Morgan fingerprint density at radius 2 is 1.90 bits per heavy atom. The third-order valence-electron chi connectivity index (χ3n) is 2.94. The van der Waals surface area contributed by atoms with Gasteiger partial charge in [0.2, 0.25) is 0 Å². The largest absolute Gasteiger partial charge is 0.321 e. The predicted molar refractivity (Wildman–Crippen MR) is 80.9 cm³/mol. The molecule has 1 amide bonds. The second-order valence-electron chi connectivity index (χ2n) is 4.40. The van der Waals surface area contributed by atoms with Crippen LogP contribution in [0.1, 0.15) is 15.9 Å². The van der Waals surface area contributed by atoms with Gasteiger partial charge in [-0.2, -0.15) is 5.26 Å². The molecule has 0 atom stereocenters. The summed E-state index contributed by atoms with van der Waals surface area (Å²) in [6, 6.07) is 15.6. The molecule has 0 bridgehead atoms. The lowest BCUT2D eigenvalue weighted by Gasteiger charge is -2.20. The molecule has 21 heavy (non-hydrogen) atoms.